The van der Waals surface area contributed by atoms with E-state index in [0.717, 1.165) is 24.2 Å². The summed E-state index contributed by atoms with van der Waals surface area (Å²) in [6, 6.07) is 12.2. The highest BCUT2D eigenvalue weighted by Gasteiger charge is 2.04. The number of ether oxygens (including phenoxy) is 1. The number of methoxy groups -OCH3 is 1. The molecule has 0 bridgehead atoms. The van der Waals surface area contributed by atoms with Crippen LogP contribution in [0.1, 0.15) is 16.7 Å². The molecular weight excluding hydrogens is 279 g/mol. The summed E-state index contributed by atoms with van der Waals surface area (Å²) in [5.74, 6) is 0.883. The molecule has 2 rings (SSSR count). The van der Waals surface area contributed by atoms with Crippen molar-refractivity contribution in [1.29, 1.82) is 0 Å². The molecule has 0 spiro atoms. The normalized spacial score (nSPS) is 10.5. The van der Waals surface area contributed by atoms with Gasteiger partial charge in [0.25, 0.3) is 0 Å². The summed E-state index contributed by atoms with van der Waals surface area (Å²) in [6.07, 6.45) is 1.92. The lowest BCUT2D eigenvalue weighted by atomic mass is 10.0. The standard InChI is InChI=1S/C16H16Cl2O/c1-11-9-13(10-15(17)16(11)18)4-3-12-5-7-14(19-2)8-6-12/h5-10H,3-4H2,1-2H3. The fourth-order valence-corrected chi connectivity index (χ4v) is 2.42. The van der Waals surface area contributed by atoms with Gasteiger partial charge in [-0.3, -0.25) is 0 Å². The van der Waals surface area contributed by atoms with Gasteiger partial charge >= 0.3 is 0 Å². The van der Waals surface area contributed by atoms with Crippen LogP contribution in [0.2, 0.25) is 10.0 Å². The SMILES string of the molecule is COc1ccc(CCc2cc(C)c(Cl)c(Cl)c2)cc1. The highest BCUT2D eigenvalue weighted by Crippen LogP contribution is 2.27. The molecule has 0 heterocycles. The summed E-state index contributed by atoms with van der Waals surface area (Å²) < 4.78 is 5.14. The van der Waals surface area contributed by atoms with Gasteiger partial charge in [-0.15, -0.1) is 0 Å². The second-order valence-corrected chi connectivity index (χ2v) is 5.34. The van der Waals surface area contributed by atoms with Crippen molar-refractivity contribution in [2.75, 3.05) is 7.11 Å². The molecular formula is C16H16Cl2O. The summed E-state index contributed by atoms with van der Waals surface area (Å²) in [6.45, 7) is 1.98. The number of hydrogen-bond donors (Lipinski definition) is 0. The molecule has 1 nitrogen and oxygen atoms in total. The first-order valence-electron chi connectivity index (χ1n) is 6.17. The highest BCUT2D eigenvalue weighted by molar-refractivity contribution is 6.42. The third-order valence-corrected chi connectivity index (χ3v) is 4.03. The Balaban J connectivity index is 2.05. The fourth-order valence-electron chi connectivity index (χ4n) is 2.02. The Kier molecular flexibility index (Phi) is 4.73. The molecule has 0 aliphatic carbocycles. The maximum absolute atomic E-state index is 6.09. The second kappa shape index (κ2) is 6.31. The van der Waals surface area contributed by atoms with E-state index in [9.17, 15) is 0 Å². The molecule has 3 heteroatoms. The van der Waals surface area contributed by atoms with Crippen LogP contribution in [-0.4, -0.2) is 7.11 Å². The zero-order valence-corrected chi connectivity index (χ0v) is 12.6. The first kappa shape index (κ1) is 14.2. The number of halogens is 2. The van der Waals surface area contributed by atoms with Crippen LogP contribution in [-0.2, 0) is 12.8 Å². The van der Waals surface area contributed by atoms with E-state index in [1.807, 2.05) is 25.1 Å². The van der Waals surface area contributed by atoms with Crippen molar-refractivity contribution < 1.29 is 4.74 Å². The minimum absolute atomic E-state index is 0.631. The molecule has 0 N–H and O–H groups in total. The fraction of sp³-hybridized carbons (Fsp3) is 0.250. The molecule has 0 aromatic heterocycles. The van der Waals surface area contributed by atoms with Gasteiger partial charge < -0.3 is 4.74 Å². The summed E-state index contributed by atoms with van der Waals surface area (Å²) in [5.41, 5.74) is 3.52. The summed E-state index contributed by atoms with van der Waals surface area (Å²) >= 11 is 12.1. The highest BCUT2D eigenvalue weighted by atomic mass is 35.5. The Morgan fingerprint density at radius 1 is 0.947 bits per heavy atom. The van der Waals surface area contributed by atoms with Crippen molar-refractivity contribution in [3.63, 3.8) is 0 Å². The molecule has 19 heavy (non-hydrogen) atoms. The monoisotopic (exact) mass is 294 g/mol. The van der Waals surface area contributed by atoms with Crippen LogP contribution in [0.25, 0.3) is 0 Å². The van der Waals surface area contributed by atoms with Gasteiger partial charge in [-0.25, -0.2) is 0 Å². The molecule has 0 unspecified atom stereocenters. The molecule has 0 aliphatic rings. The molecule has 0 saturated heterocycles. The van der Waals surface area contributed by atoms with Gasteiger partial charge in [-0.05, 0) is 54.7 Å². The quantitative estimate of drug-likeness (QED) is 0.763. The third kappa shape index (κ3) is 3.65. The molecule has 0 fully saturated rings. The van der Waals surface area contributed by atoms with Crippen molar-refractivity contribution in [2.45, 2.75) is 19.8 Å². The Labute approximate surface area is 124 Å². The average molecular weight is 295 g/mol. The van der Waals surface area contributed by atoms with Crippen LogP contribution >= 0.6 is 23.2 Å². The summed E-state index contributed by atoms with van der Waals surface area (Å²) in [7, 11) is 1.67. The molecule has 2 aromatic rings. The number of rotatable bonds is 4. The van der Waals surface area contributed by atoms with Gasteiger partial charge in [0.05, 0.1) is 17.2 Å². The Hall–Kier alpha value is -1.18. The maximum Gasteiger partial charge on any atom is 0.118 e. The van der Waals surface area contributed by atoms with E-state index in [2.05, 4.69) is 18.2 Å². The minimum atomic E-state index is 0.631. The Morgan fingerprint density at radius 3 is 2.16 bits per heavy atom. The predicted octanol–water partition coefficient (Wildman–Crippen LogP) is 5.10. The van der Waals surface area contributed by atoms with Crippen molar-refractivity contribution >= 4 is 23.2 Å². The van der Waals surface area contributed by atoms with Gasteiger partial charge in [-0.1, -0.05) is 41.4 Å². The van der Waals surface area contributed by atoms with Crippen molar-refractivity contribution in [1.82, 2.24) is 0 Å². The first-order valence-corrected chi connectivity index (χ1v) is 6.93. The number of hydrogen-bond acceptors (Lipinski definition) is 1. The van der Waals surface area contributed by atoms with Crippen molar-refractivity contribution in [3.8, 4) is 5.75 Å². The minimum Gasteiger partial charge on any atom is -0.497 e. The zero-order valence-electron chi connectivity index (χ0n) is 11.0. The van der Waals surface area contributed by atoms with E-state index < -0.39 is 0 Å². The summed E-state index contributed by atoms with van der Waals surface area (Å²) in [5, 5.41) is 1.28. The van der Waals surface area contributed by atoms with E-state index >= 15 is 0 Å². The van der Waals surface area contributed by atoms with Gasteiger partial charge in [0.2, 0.25) is 0 Å². The smallest absolute Gasteiger partial charge is 0.118 e. The predicted molar refractivity (Wildman–Crippen MR) is 81.6 cm³/mol. The molecule has 0 aliphatic heterocycles. The van der Waals surface area contributed by atoms with E-state index in [0.29, 0.717) is 10.0 Å². The number of benzene rings is 2. The Morgan fingerprint density at radius 2 is 1.58 bits per heavy atom. The Bertz CT molecular complexity index is 538. The van der Waals surface area contributed by atoms with E-state index in [-0.39, 0.29) is 0 Å². The third-order valence-electron chi connectivity index (χ3n) is 3.13. The largest absolute Gasteiger partial charge is 0.497 e. The van der Waals surface area contributed by atoms with Gasteiger partial charge in [0.15, 0.2) is 0 Å². The molecule has 0 saturated carbocycles. The second-order valence-electron chi connectivity index (χ2n) is 4.56. The van der Waals surface area contributed by atoms with Gasteiger partial charge in [0, 0.05) is 0 Å². The van der Waals surface area contributed by atoms with Gasteiger partial charge in [0.1, 0.15) is 5.75 Å². The van der Waals surface area contributed by atoms with Crippen LogP contribution in [0, 0.1) is 6.92 Å². The molecule has 0 amide bonds. The van der Waals surface area contributed by atoms with E-state index in [1.165, 1.54) is 11.1 Å². The van der Waals surface area contributed by atoms with Crippen LogP contribution in [0.15, 0.2) is 36.4 Å². The maximum atomic E-state index is 6.09. The number of aryl methyl sites for hydroxylation is 3. The van der Waals surface area contributed by atoms with Crippen LogP contribution in [0.5, 0.6) is 5.75 Å². The van der Waals surface area contributed by atoms with Crippen LogP contribution < -0.4 is 4.74 Å². The lowest BCUT2D eigenvalue weighted by Crippen LogP contribution is -1.93. The topological polar surface area (TPSA) is 9.23 Å². The average Bonchev–Trinajstić information content (AvgIpc) is 2.43. The van der Waals surface area contributed by atoms with Crippen molar-refractivity contribution in [3.05, 3.63) is 63.1 Å². The van der Waals surface area contributed by atoms with Gasteiger partial charge in [-0.2, -0.15) is 0 Å². The van der Waals surface area contributed by atoms with Crippen molar-refractivity contribution in [2.24, 2.45) is 0 Å². The zero-order chi connectivity index (χ0) is 13.8. The van der Waals surface area contributed by atoms with Crippen LogP contribution in [0.3, 0.4) is 0 Å². The lowest BCUT2D eigenvalue weighted by Gasteiger charge is -2.07. The molecule has 100 valence electrons. The molecule has 0 atom stereocenters. The van der Waals surface area contributed by atoms with Crippen LogP contribution in [0.4, 0.5) is 0 Å². The molecule has 2 aromatic carbocycles. The lowest BCUT2D eigenvalue weighted by molar-refractivity contribution is 0.414. The summed E-state index contributed by atoms with van der Waals surface area (Å²) in [4.78, 5) is 0. The van der Waals surface area contributed by atoms with E-state index in [4.69, 9.17) is 27.9 Å². The van der Waals surface area contributed by atoms with E-state index in [1.54, 1.807) is 7.11 Å². The first-order chi connectivity index (χ1) is 9.10. The molecule has 0 radical (unpaired) electrons.